The minimum absolute atomic E-state index is 0.238. The van der Waals surface area contributed by atoms with Crippen LogP contribution in [0.25, 0.3) is 0 Å². The van der Waals surface area contributed by atoms with Crippen LogP contribution < -0.4 is 5.48 Å². The number of thioether (sulfide) groups is 1. The Morgan fingerprint density at radius 2 is 2.21 bits per heavy atom. The van der Waals surface area contributed by atoms with Gasteiger partial charge in [-0.3, -0.25) is 10.3 Å². The second-order valence-corrected chi connectivity index (χ2v) is 6.60. The van der Waals surface area contributed by atoms with Crippen molar-refractivity contribution in [3.05, 3.63) is 22.5 Å². The number of hydrogen-bond acceptors (Lipinski definition) is 5. The van der Waals surface area contributed by atoms with Crippen LogP contribution in [0.1, 0.15) is 25.2 Å². The predicted molar refractivity (Wildman–Crippen MR) is 71.5 cm³/mol. The molecular weight excluding hydrogens is 342 g/mol. The van der Waals surface area contributed by atoms with Crippen molar-refractivity contribution >= 4 is 27.7 Å². The fourth-order valence-corrected chi connectivity index (χ4v) is 2.80. The fourth-order valence-electron chi connectivity index (χ4n) is 1.54. The summed E-state index contributed by atoms with van der Waals surface area (Å²) in [5.74, 6) is 0.280. The Morgan fingerprint density at radius 3 is 2.74 bits per heavy atom. The van der Waals surface area contributed by atoms with Gasteiger partial charge in [-0.2, -0.15) is 23.8 Å². The van der Waals surface area contributed by atoms with Gasteiger partial charge in [0.25, 0.3) is 0 Å². The molecule has 9 heteroatoms. The molecule has 0 atom stereocenters. The molecule has 0 fully saturated rings. The van der Waals surface area contributed by atoms with Gasteiger partial charge in [0.2, 0.25) is 0 Å². The summed E-state index contributed by atoms with van der Waals surface area (Å²) in [6.45, 7) is 3.79. The Balaban J connectivity index is 2.09. The number of halogens is 3. The fraction of sp³-hybridized carbons (Fsp3) is 0.600. The van der Waals surface area contributed by atoms with Crippen LogP contribution in [-0.4, -0.2) is 20.6 Å². The second kappa shape index (κ2) is 5.02. The normalized spacial score (nSPS) is 18.3. The first-order valence-corrected chi connectivity index (χ1v) is 7.22. The molecule has 1 aromatic heterocycles. The third kappa shape index (κ3) is 3.67. The van der Waals surface area contributed by atoms with Crippen molar-refractivity contribution in [2.45, 2.75) is 30.0 Å². The largest absolute Gasteiger partial charge is 0.346 e. The van der Waals surface area contributed by atoms with E-state index in [0.29, 0.717) is 0 Å². The van der Waals surface area contributed by atoms with E-state index in [1.54, 1.807) is 0 Å². The molecule has 1 aromatic rings. The highest BCUT2D eigenvalue weighted by atomic mass is 79.9. The van der Waals surface area contributed by atoms with Gasteiger partial charge in [0, 0.05) is 12.8 Å². The number of hydroxylamine groups is 1. The molecule has 1 aliphatic heterocycles. The van der Waals surface area contributed by atoms with Crippen molar-refractivity contribution in [2.75, 3.05) is 0 Å². The summed E-state index contributed by atoms with van der Waals surface area (Å²) in [7, 11) is 1.51. The molecule has 0 radical (unpaired) electrons. The van der Waals surface area contributed by atoms with Crippen LogP contribution in [-0.2, 0) is 22.5 Å². The Kier molecular flexibility index (Phi) is 3.90. The third-order valence-corrected chi connectivity index (χ3v) is 3.62. The molecule has 1 aliphatic rings. The van der Waals surface area contributed by atoms with E-state index in [1.165, 1.54) is 18.8 Å². The minimum Gasteiger partial charge on any atom is -0.265 e. The van der Waals surface area contributed by atoms with E-state index in [9.17, 15) is 8.78 Å². The third-order valence-electron chi connectivity index (χ3n) is 2.31. The number of hydrogen-bond donors (Lipinski definition) is 1. The predicted octanol–water partition coefficient (Wildman–Crippen LogP) is 2.65. The Labute approximate surface area is 121 Å². The van der Waals surface area contributed by atoms with E-state index in [1.807, 2.05) is 19.9 Å². The summed E-state index contributed by atoms with van der Waals surface area (Å²) in [5.41, 5.74) is 2.23. The van der Waals surface area contributed by atoms with E-state index >= 15 is 0 Å². The zero-order valence-corrected chi connectivity index (χ0v) is 13.0. The van der Waals surface area contributed by atoms with Crippen molar-refractivity contribution in [2.24, 2.45) is 7.05 Å². The molecule has 0 bridgehead atoms. The number of nitrogens with zero attached hydrogens (tertiary/aromatic N) is 3. The summed E-state index contributed by atoms with van der Waals surface area (Å²) in [6, 6.07) is 0. The summed E-state index contributed by atoms with van der Waals surface area (Å²) in [5, 5.41) is 8.41. The zero-order valence-electron chi connectivity index (χ0n) is 10.6. The number of aryl methyl sites for hydroxylation is 1. The molecule has 0 spiro atoms. The number of nitrogens with one attached hydrogen (secondary N) is 1. The van der Waals surface area contributed by atoms with E-state index in [-0.39, 0.29) is 17.1 Å². The number of alkyl halides is 3. The summed E-state index contributed by atoms with van der Waals surface area (Å²) in [4.78, 5) is 3.24. The van der Waals surface area contributed by atoms with Crippen LogP contribution in [0.5, 0.6) is 0 Å². The molecule has 0 saturated carbocycles. The monoisotopic (exact) mass is 354 g/mol. The molecule has 0 aromatic carbocycles. The summed E-state index contributed by atoms with van der Waals surface area (Å²) in [6.07, 6.45) is 1.89. The first-order chi connectivity index (χ1) is 8.67. The molecule has 0 amide bonds. The average Bonchev–Trinajstić information content (AvgIpc) is 2.78. The summed E-state index contributed by atoms with van der Waals surface area (Å²) < 4.78 is 26.6. The maximum absolute atomic E-state index is 13.3. The lowest BCUT2D eigenvalue weighted by Gasteiger charge is -2.11. The maximum atomic E-state index is 13.3. The van der Waals surface area contributed by atoms with Gasteiger partial charge in [-0.15, -0.1) is 11.8 Å². The van der Waals surface area contributed by atoms with Crippen molar-refractivity contribution in [1.29, 1.82) is 0 Å². The zero-order chi connectivity index (χ0) is 14.3. The molecule has 106 valence electrons. The molecule has 0 aliphatic carbocycles. The van der Waals surface area contributed by atoms with Crippen molar-refractivity contribution < 1.29 is 13.6 Å². The van der Waals surface area contributed by atoms with Gasteiger partial charge in [0.1, 0.15) is 11.3 Å². The van der Waals surface area contributed by atoms with Gasteiger partial charge >= 0.3 is 4.83 Å². The molecule has 19 heavy (non-hydrogen) atoms. The van der Waals surface area contributed by atoms with Crippen LogP contribution in [0.3, 0.4) is 0 Å². The first kappa shape index (κ1) is 14.7. The maximum Gasteiger partial charge on any atom is 0.346 e. The van der Waals surface area contributed by atoms with Crippen molar-refractivity contribution in [3.63, 3.8) is 0 Å². The van der Waals surface area contributed by atoms with E-state index in [0.717, 1.165) is 9.83 Å². The standard InChI is InChI=1S/C10H13BrF2N4OS/c1-9(2)4-7(16-18-9)19-5-6-8(10(11,12)13)15-17(3)14-6/h4,16H,5H2,1-3H3. The lowest BCUT2D eigenvalue weighted by molar-refractivity contribution is -0.0126. The Morgan fingerprint density at radius 1 is 1.53 bits per heavy atom. The van der Waals surface area contributed by atoms with Crippen LogP contribution in [0.4, 0.5) is 8.78 Å². The number of aromatic nitrogens is 3. The molecule has 0 saturated heterocycles. The van der Waals surface area contributed by atoms with E-state index in [4.69, 9.17) is 4.84 Å². The molecule has 1 N–H and O–H groups in total. The first-order valence-electron chi connectivity index (χ1n) is 5.44. The van der Waals surface area contributed by atoms with Gasteiger partial charge in [-0.1, -0.05) is 0 Å². The van der Waals surface area contributed by atoms with Gasteiger partial charge in [-0.25, -0.2) is 0 Å². The Hall–Kier alpha value is -0.670. The highest BCUT2D eigenvalue weighted by molar-refractivity contribution is 9.09. The number of rotatable bonds is 4. The van der Waals surface area contributed by atoms with Crippen LogP contribution in [0.2, 0.25) is 0 Å². The van der Waals surface area contributed by atoms with Gasteiger partial charge in [-0.05, 0) is 35.9 Å². The summed E-state index contributed by atoms with van der Waals surface area (Å²) >= 11 is 3.65. The topological polar surface area (TPSA) is 52.0 Å². The van der Waals surface area contributed by atoms with E-state index < -0.39 is 10.4 Å². The minimum atomic E-state index is -3.18. The van der Waals surface area contributed by atoms with Crippen molar-refractivity contribution in [3.8, 4) is 0 Å². The molecule has 2 rings (SSSR count). The lowest BCUT2D eigenvalue weighted by Crippen LogP contribution is -2.20. The van der Waals surface area contributed by atoms with Crippen molar-refractivity contribution in [1.82, 2.24) is 20.5 Å². The van der Waals surface area contributed by atoms with E-state index in [2.05, 4.69) is 31.6 Å². The van der Waals surface area contributed by atoms with Gasteiger partial charge in [0.15, 0.2) is 5.69 Å². The second-order valence-electron chi connectivity index (χ2n) is 4.59. The SMILES string of the molecule is Cn1nc(CSC2=CC(C)(C)ON2)c(C(F)(F)Br)n1. The Bertz CT molecular complexity index is 512. The van der Waals surface area contributed by atoms with Crippen LogP contribution >= 0.6 is 27.7 Å². The lowest BCUT2D eigenvalue weighted by atomic mass is 10.1. The van der Waals surface area contributed by atoms with Crippen LogP contribution in [0.15, 0.2) is 11.1 Å². The molecule has 2 heterocycles. The van der Waals surface area contributed by atoms with Crippen LogP contribution in [0, 0.1) is 0 Å². The molecule has 0 unspecified atom stereocenters. The molecular formula is C10H13BrF2N4OS. The smallest absolute Gasteiger partial charge is 0.265 e. The van der Waals surface area contributed by atoms with Gasteiger partial charge in [0.05, 0.1) is 5.03 Å². The highest BCUT2D eigenvalue weighted by Gasteiger charge is 2.35. The average molecular weight is 355 g/mol. The quantitative estimate of drug-likeness (QED) is 0.842. The highest BCUT2D eigenvalue weighted by Crippen LogP contribution is 2.37. The van der Waals surface area contributed by atoms with Gasteiger partial charge < -0.3 is 0 Å². The molecule has 5 nitrogen and oxygen atoms in total.